The molecular formula is C19H18N2O4. The van der Waals surface area contributed by atoms with E-state index in [2.05, 4.69) is 0 Å². The van der Waals surface area contributed by atoms with Crippen LogP contribution in [0.4, 0.5) is 0 Å². The second-order valence-electron chi connectivity index (χ2n) is 5.67. The first-order chi connectivity index (χ1) is 12.1. The van der Waals surface area contributed by atoms with Gasteiger partial charge in [0.2, 0.25) is 0 Å². The molecule has 0 fully saturated rings. The normalized spacial score (nSPS) is 10.6. The summed E-state index contributed by atoms with van der Waals surface area (Å²) in [7, 11) is 0. The molecule has 6 nitrogen and oxygen atoms in total. The van der Waals surface area contributed by atoms with Crippen molar-refractivity contribution in [2.45, 2.75) is 13.5 Å². The first kappa shape index (κ1) is 16.7. The molecule has 25 heavy (non-hydrogen) atoms. The third kappa shape index (κ3) is 3.54. The summed E-state index contributed by atoms with van der Waals surface area (Å²) in [5.74, 6) is 0.137. The van der Waals surface area contributed by atoms with Crippen LogP contribution >= 0.6 is 0 Å². The molecule has 1 heterocycles. The summed E-state index contributed by atoms with van der Waals surface area (Å²) in [6, 6.07) is 14.2. The molecule has 128 valence electrons. The second-order valence-corrected chi connectivity index (χ2v) is 5.67. The fourth-order valence-electron chi connectivity index (χ4n) is 2.63. The topological polar surface area (TPSA) is 80.6 Å². The molecule has 6 heteroatoms. The number of hydrogen-bond acceptors (Lipinski definition) is 4. The minimum Gasteiger partial charge on any atom is -0.491 e. The average Bonchev–Trinajstić information content (AvgIpc) is 2.64. The molecule has 0 saturated heterocycles. The smallest absolute Gasteiger partial charge is 0.274 e. The summed E-state index contributed by atoms with van der Waals surface area (Å²) in [6.07, 6.45) is 1.71. The van der Waals surface area contributed by atoms with Crippen LogP contribution in [0.1, 0.15) is 15.9 Å². The van der Waals surface area contributed by atoms with Gasteiger partial charge in [-0.05, 0) is 42.1 Å². The number of nitrogens with one attached hydrogen (secondary N) is 1. The minimum atomic E-state index is -0.653. The maximum Gasteiger partial charge on any atom is 0.274 e. The predicted octanol–water partition coefficient (Wildman–Crippen LogP) is 2.51. The van der Waals surface area contributed by atoms with Crippen LogP contribution in [0.5, 0.6) is 5.75 Å². The zero-order valence-corrected chi connectivity index (χ0v) is 13.7. The molecule has 0 aliphatic rings. The van der Waals surface area contributed by atoms with E-state index in [1.165, 1.54) is 6.07 Å². The van der Waals surface area contributed by atoms with Crippen molar-refractivity contribution in [3.05, 3.63) is 76.2 Å². The number of rotatable bonds is 5. The molecule has 0 aliphatic heterocycles. The Morgan fingerprint density at radius 1 is 1.20 bits per heavy atom. The lowest BCUT2D eigenvalue weighted by Crippen LogP contribution is -2.23. The number of aryl methyl sites for hydroxylation is 1. The molecule has 2 N–H and O–H groups in total. The van der Waals surface area contributed by atoms with Gasteiger partial charge in [-0.1, -0.05) is 24.3 Å². The van der Waals surface area contributed by atoms with Gasteiger partial charge in [0.05, 0.1) is 6.54 Å². The number of fused-ring (bicyclic) bond motifs is 1. The quantitative estimate of drug-likeness (QED) is 0.553. The number of carbonyl (C=O) groups excluding carboxylic acids is 1. The third-order valence-corrected chi connectivity index (χ3v) is 4.03. The molecule has 3 rings (SSSR count). The summed E-state index contributed by atoms with van der Waals surface area (Å²) in [5, 5.41) is 9.88. The van der Waals surface area contributed by atoms with Crippen molar-refractivity contribution in [1.29, 1.82) is 0 Å². The van der Waals surface area contributed by atoms with Crippen LogP contribution < -0.4 is 15.8 Å². The second kappa shape index (κ2) is 7.19. The van der Waals surface area contributed by atoms with Crippen molar-refractivity contribution in [3.63, 3.8) is 0 Å². The van der Waals surface area contributed by atoms with E-state index in [9.17, 15) is 9.59 Å². The van der Waals surface area contributed by atoms with E-state index in [0.717, 1.165) is 16.7 Å². The first-order valence-electron chi connectivity index (χ1n) is 7.86. The van der Waals surface area contributed by atoms with Gasteiger partial charge >= 0.3 is 0 Å². The molecule has 2 aromatic carbocycles. The van der Waals surface area contributed by atoms with E-state index in [1.54, 1.807) is 28.4 Å². The van der Waals surface area contributed by atoms with Crippen molar-refractivity contribution in [2.24, 2.45) is 0 Å². The number of pyridine rings is 1. The number of ether oxygens (including phenoxy) is 1. The molecule has 0 spiro atoms. The van der Waals surface area contributed by atoms with E-state index in [0.29, 0.717) is 18.5 Å². The number of amides is 1. The average molecular weight is 338 g/mol. The highest BCUT2D eigenvalue weighted by molar-refractivity contribution is 5.97. The monoisotopic (exact) mass is 338 g/mol. The van der Waals surface area contributed by atoms with Gasteiger partial charge in [-0.2, -0.15) is 0 Å². The lowest BCUT2D eigenvalue weighted by molar-refractivity contribution is 0.0706. The molecule has 0 radical (unpaired) electrons. The van der Waals surface area contributed by atoms with Crippen molar-refractivity contribution >= 4 is 16.7 Å². The Hall–Kier alpha value is -3.12. The van der Waals surface area contributed by atoms with Crippen LogP contribution in [0.15, 0.2) is 59.5 Å². The number of para-hydroxylation sites is 1. The minimum absolute atomic E-state index is 0.210. The van der Waals surface area contributed by atoms with Gasteiger partial charge in [-0.25, -0.2) is 5.48 Å². The lowest BCUT2D eigenvalue weighted by Gasteiger charge is -2.11. The Balaban J connectivity index is 1.82. The van der Waals surface area contributed by atoms with E-state index in [-0.39, 0.29) is 11.1 Å². The van der Waals surface area contributed by atoms with Crippen LogP contribution in [0.3, 0.4) is 0 Å². The molecule has 0 aliphatic carbocycles. The highest BCUT2D eigenvalue weighted by Gasteiger charge is 2.09. The Morgan fingerprint density at radius 2 is 2.00 bits per heavy atom. The summed E-state index contributed by atoms with van der Waals surface area (Å²) >= 11 is 0. The molecule has 0 bridgehead atoms. The first-order valence-corrected chi connectivity index (χ1v) is 7.86. The van der Waals surface area contributed by atoms with Gasteiger partial charge in [-0.3, -0.25) is 14.8 Å². The lowest BCUT2D eigenvalue weighted by atomic mass is 10.1. The summed E-state index contributed by atoms with van der Waals surface area (Å²) in [5.41, 5.74) is 2.62. The molecule has 0 unspecified atom stereocenters. The van der Waals surface area contributed by atoms with Crippen molar-refractivity contribution < 1.29 is 14.7 Å². The molecular weight excluding hydrogens is 320 g/mol. The molecule has 1 amide bonds. The zero-order valence-electron chi connectivity index (χ0n) is 13.7. The third-order valence-electron chi connectivity index (χ3n) is 4.03. The predicted molar refractivity (Wildman–Crippen MR) is 94.1 cm³/mol. The zero-order chi connectivity index (χ0) is 17.8. The number of hydrogen-bond donors (Lipinski definition) is 2. The van der Waals surface area contributed by atoms with Gasteiger partial charge in [-0.15, -0.1) is 0 Å². The molecule has 0 saturated carbocycles. The van der Waals surface area contributed by atoms with Crippen LogP contribution in [0, 0.1) is 6.92 Å². The van der Waals surface area contributed by atoms with Gasteiger partial charge in [0.25, 0.3) is 11.5 Å². The highest BCUT2D eigenvalue weighted by atomic mass is 16.5. The largest absolute Gasteiger partial charge is 0.491 e. The number of hydroxylamine groups is 1. The number of aromatic nitrogens is 1. The van der Waals surface area contributed by atoms with Gasteiger partial charge < -0.3 is 9.30 Å². The standard InChI is InChI=1S/C19H18N2O4/c1-13-4-2-3-5-17(13)25-11-10-21-9-8-14-6-7-15(18(22)20-24)12-16(14)19(21)23/h2-9,12,24H,10-11H2,1H3,(H,20,22). The molecule has 1 aromatic heterocycles. The van der Waals surface area contributed by atoms with Gasteiger partial charge in [0.1, 0.15) is 12.4 Å². The summed E-state index contributed by atoms with van der Waals surface area (Å²) < 4.78 is 7.27. The Bertz CT molecular complexity index is 979. The van der Waals surface area contributed by atoms with Crippen molar-refractivity contribution in [2.75, 3.05) is 6.61 Å². The van der Waals surface area contributed by atoms with Crippen LogP contribution in [0.2, 0.25) is 0 Å². The maximum absolute atomic E-state index is 12.6. The number of benzene rings is 2. The SMILES string of the molecule is Cc1ccccc1OCCn1ccc2ccc(C(=O)NO)cc2c1=O. The van der Waals surface area contributed by atoms with Crippen molar-refractivity contribution in [3.8, 4) is 5.75 Å². The van der Waals surface area contributed by atoms with Crippen LogP contribution in [-0.4, -0.2) is 22.3 Å². The fraction of sp³-hybridized carbons (Fsp3) is 0.158. The van der Waals surface area contributed by atoms with Gasteiger partial charge in [0, 0.05) is 17.1 Å². The van der Waals surface area contributed by atoms with Crippen molar-refractivity contribution in [1.82, 2.24) is 10.0 Å². The van der Waals surface area contributed by atoms with Crippen LogP contribution in [-0.2, 0) is 6.54 Å². The van der Waals surface area contributed by atoms with E-state index in [1.807, 2.05) is 37.3 Å². The summed E-state index contributed by atoms with van der Waals surface area (Å²) in [6.45, 7) is 2.71. The Kier molecular flexibility index (Phi) is 4.81. The fourth-order valence-corrected chi connectivity index (χ4v) is 2.63. The van der Waals surface area contributed by atoms with E-state index >= 15 is 0 Å². The van der Waals surface area contributed by atoms with Crippen LogP contribution in [0.25, 0.3) is 10.8 Å². The Labute approximate surface area is 144 Å². The number of nitrogens with zero attached hydrogens (tertiary/aromatic N) is 1. The number of carbonyl (C=O) groups is 1. The summed E-state index contributed by atoms with van der Waals surface area (Å²) in [4.78, 5) is 24.1. The maximum atomic E-state index is 12.6. The Morgan fingerprint density at radius 3 is 2.76 bits per heavy atom. The van der Waals surface area contributed by atoms with E-state index < -0.39 is 5.91 Å². The molecule has 3 aromatic rings. The van der Waals surface area contributed by atoms with E-state index in [4.69, 9.17) is 9.94 Å². The highest BCUT2D eigenvalue weighted by Crippen LogP contribution is 2.16. The molecule has 0 atom stereocenters. The van der Waals surface area contributed by atoms with Gasteiger partial charge in [0.15, 0.2) is 0 Å².